The van der Waals surface area contributed by atoms with Crippen molar-refractivity contribution in [3.8, 4) is 0 Å². The van der Waals surface area contributed by atoms with Gasteiger partial charge in [-0.2, -0.15) is 0 Å². The van der Waals surface area contributed by atoms with E-state index in [1.165, 1.54) is 34.1 Å². The molecule has 206 valence electrons. The second-order valence-corrected chi connectivity index (χ2v) is 10.8. The quantitative estimate of drug-likeness (QED) is 0.447. The van der Waals surface area contributed by atoms with E-state index >= 15 is 0 Å². The number of carbonyl (C=O) groups is 3. The number of hydrogen-bond donors (Lipinski definition) is 2. The minimum Gasteiger partial charge on any atom is -0.443 e. The highest BCUT2D eigenvalue weighted by molar-refractivity contribution is 6.40. The smallest absolute Gasteiger partial charge is 0.414 e. The van der Waals surface area contributed by atoms with Crippen molar-refractivity contribution in [2.45, 2.75) is 45.6 Å². The fourth-order valence-corrected chi connectivity index (χ4v) is 4.87. The van der Waals surface area contributed by atoms with Crippen LogP contribution in [0.4, 0.5) is 29.7 Å². The maximum atomic E-state index is 14.2. The molecule has 4 amide bonds. The second-order valence-electron chi connectivity index (χ2n) is 10.0. The van der Waals surface area contributed by atoms with E-state index in [0.29, 0.717) is 24.1 Å². The standard InChI is InChI=1S/C26H30Cl2F2N4O4/c1-26(2,3)38-25(37)33(9-8-32-24(31)36)18-12-19(27)23(20(28)13-18)34-14-15(4-7-22(34)35)10-16-5-6-17(29)11-21(16)30/h5-6,11-13,15H,4,7-10,14H2,1-3H3,(H3,31,32,36). The molecule has 0 spiro atoms. The summed E-state index contributed by atoms with van der Waals surface area (Å²) in [6.45, 7) is 5.42. The molecule has 0 aromatic heterocycles. The van der Waals surface area contributed by atoms with Crippen LogP contribution >= 0.6 is 23.2 Å². The number of hydrogen-bond acceptors (Lipinski definition) is 4. The van der Waals surface area contributed by atoms with Crippen LogP contribution < -0.4 is 20.9 Å². The van der Waals surface area contributed by atoms with E-state index in [-0.39, 0.29) is 53.6 Å². The zero-order valence-electron chi connectivity index (χ0n) is 21.3. The van der Waals surface area contributed by atoms with Crippen LogP contribution in [-0.2, 0) is 16.0 Å². The number of primary amides is 1. The highest BCUT2D eigenvalue weighted by Crippen LogP contribution is 2.40. The zero-order valence-corrected chi connectivity index (χ0v) is 22.8. The number of nitrogens with zero attached hydrogens (tertiary/aromatic N) is 2. The Morgan fingerprint density at radius 1 is 1.18 bits per heavy atom. The molecule has 1 atom stereocenters. The molecule has 3 N–H and O–H groups in total. The first-order chi connectivity index (χ1) is 17.7. The Bertz CT molecular complexity index is 1200. The van der Waals surface area contributed by atoms with E-state index in [2.05, 4.69) is 5.32 Å². The lowest BCUT2D eigenvalue weighted by atomic mass is 9.90. The van der Waals surface area contributed by atoms with Crippen molar-refractivity contribution in [1.29, 1.82) is 0 Å². The molecule has 2 aromatic carbocycles. The highest BCUT2D eigenvalue weighted by Gasteiger charge is 2.31. The number of amides is 4. The van der Waals surface area contributed by atoms with Gasteiger partial charge in [0.25, 0.3) is 0 Å². The van der Waals surface area contributed by atoms with Crippen molar-refractivity contribution in [3.63, 3.8) is 0 Å². The molecular formula is C26H30Cl2F2N4O4. The van der Waals surface area contributed by atoms with Crippen LogP contribution in [0.5, 0.6) is 0 Å². The molecule has 1 heterocycles. The average Bonchev–Trinajstić information content (AvgIpc) is 2.78. The Morgan fingerprint density at radius 3 is 2.42 bits per heavy atom. The molecule has 0 bridgehead atoms. The lowest BCUT2D eigenvalue weighted by Crippen LogP contribution is -2.43. The fourth-order valence-electron chi connectivity index (χ4n) is 4.19. The highest BCUT2D eigenvalue weighted by atomic mass is 35.5. The fraction of sp³-hybridized carbons (Fsp3) is 0.423. The van der Waals surface area contributed by atoms with Gasteiger partial charge in [-0.1, -0.05) is 29.3 Å². The number of carbonyl (C=O) groups excluding carboxylic acids is 3. The van der Waals surface area contributed by atoms with E-state index in [1.54, 1.807) is 20.8 Å². The predicted molar refractivity (Wildman–Crippen MR) is 143 cm³/mol. The van der Waals surface area contributed by atoms with E-state index < -0.39 is 29.4 Å². The normalized spacial score (nSPS) is 15.8. The number of nitrogens with two attached hydrogens (primary N) is 1. The number of benzene rings is 2. The first-order valence-electron chi connectivity index (χ1n) is 12.0. The van der Waals surface area contributed by atoms with Crippen LogP contribution in [0.3, 0.4) is 0 Å². The van der Waals surface area contributed by atoms with Crippen molar-refractivity contribution in [2.75, 3.05) is 29.4 Å². The summed E-state index contributed by atoms with van der Waals surface area (Å²) in [7, 11) is 0. The van der Waals surface area contributed by atoms with E-state index in [0.717, 1.165) is 6.07 Å². The van der Waals surface area contributed by atoms with Crippen molar-refractivity contribution >= 4 is 52.6 Å². The van der Waals surface area contributed by atoms with Gasteiger partial charge >= 0.3 is 12.1 Å². The molecule has 1 aliphatic rings. The summed E-state index contributed by atoms with van der Waals surface area (Å²) in [4.78, 5) is 39.6. The first kappa shape index (κ1) is 29.4. The molecule has 1 unspecified atom stereocenters. The largest absolute Gasteiger partial charge is 0.443 e. The van der Waals surface area contributed by atoms with Gasteiger partial charge in [-0.3, -0.25) is 9.69 Å². The molecular weight excluding hydrogens is 541 g/mol. The molecule has 0 radical (unpaired) electrons. The topological polar surface area (TPSA) is 105 Å². The third-order valence-corrected chi connectivity index (χ3v) is 6.44. The first-order valence-corrected chi connectivity index (χ1v) is 12.8. The predicted octanol–water partition coefficient (Wildman–Crippen LogP) is 5.67. The SMILES string of the molecule is CC(C)(C)OC(=O)N(CCNC(N)=O)c1cc(Cl)c(N2CC(Cc3ccc(F)cc3F)CCC2=O)c(Cl)c1. The molecule has 3 rings (SSSR count). The summed E-state index contributed by atoms with van der Waals surface area (Å²) in [5, 5.41) is 2.65. The van der Waals surface area contributed by atoms with Crippen molar-refractivity contribution < 1.29 is 27.9 Å². The summed E-state index contributed by atoms with van der Waals surface area (Å²) < 4.78 is 33.0. The van der Waals surface area contributed by atoms with Gasteiger partial charge in [-0.25, -0.2) is 18.4 Å². The summed E-state index contributed by atoms with van der Waals surface area (Å²) in [6.07, 6.45) is 0.338. The van der Waals surface area contributed by atoms with Gasteiger partial charge in [0.15, 0.2) is 0 Å². The summed E-state index contributed by atoms with van der Waals surface area (Å²) in [5.41, 5.74) is 5.26. The second kappa shape index (κ2) is 12.2. The molecule has 2 aromatic rings. The molecule has 1 aliphatic heterocycles. The van der Waals surface area contributed by atoms with Gasteiger partial charge in [-0.15, -0.1) is 0 Å². The third-order valence-electron chi connectivity index (χ3n) is 5.86. The molecule has 8 nitrogen and oxygen atoms in total. The molecule has 0 aliphatic carbocycles. The third kappa shape index (κ3) is 7.70. The summed E-state index contributed by atoms with van der Waals surface area (Å²) in [5.74, 6) is -1.61. The maximum absolute atomic E-state index is 14.2. The maximum Gasteiger partial charge on any atom is 0.414 e. The van der Waals surface area contributed by atoms with E-state index in [9.17, 15) is 23.2 Å². The zero-order chi connectivity index (χ0) is 28.2. The van der Waals surface area contributed by atoms with Crippen LogP contribution in [-0.4, -0.2) is 43.3 Å². The number of urea groups is 1. The minimum absolute atomic E-state index is 0.0117. The van der Waals surface area contributed by atoms with Gasteiger partial charge in [0.05, 0.1) is 21.4 Å². The van der Waals surface area contributed by atoms with Gasteiger partial charge in [0.1, 0.15) is 17.2 Å². The van der Waals surface area contributed by atoms with E-state index in [4.69, 9.17) is 33.7 Å². The van der Waals surface area contributed by atoms with E-state index in [1.807, 2.05) is 0 Å². The van der Waals surface area contributed by atoms with Crippen LogP contribution in [0.1, 0.15) is 39.2 Å². The Morgan fingerprint density at radius 2 is 1.84 bits per heavy atom. The Labute approximate surface area is 230 Å². The van der Waals surface area contributed by atoms with Crippen molar-refractivity contribution in [1.82, 2.24) is 5.32 Å². The number of ether oxygens (including phenoxy) is 1. The molecule has 1 saturated heterocycles. The average molecular weight is 571 g/mol. The van der Waals surface area contributed by atoms with Gasteiger partial charge in [0.2, 0.25) is 5.91 Å². The Kier molecular flexibility index (Phi) is 9.43. The minimum atomic E-state index is -0.792. The summed E-state index contributed by atoms with van der Waals surface area (Å²) in [6, 6.07) is 5.65. The van der Waals surface area contributed by atoms with Crippen LogP contribution in [0.25, 0.3) is 0 Å². The molecule has 38 heavy (non-hydrogen) atoms. The lowest BCUT2D eigenvalue weighted by molar-refractivity contribution is -0.120. The van der Waals surface area contributed by atoms with Crippen LogP contribution in [0.15, 0.2) is 30.3 Å². The summed E-state index contributed by atoms with van der Waals surface area (Å²) >= 11 is 13.2. The van der Waals surface area contributed by atoms with Crippen LogP contribution in [0, 0.1) is 17.6 Å². The Hall–Kier alpha value is -3.11. The number of nitrogens with one attached hydrogen (secondary N) is 1. The van der Waals surface area contributed by atoms with Gasteiger partial charge in [0, 0.05) is 32.1 Å². The number of piperidine rings is 1. The molecule has 0 saturated carbocycles. The lowest BCUT2D eigenvalue weighted by Gasteiger charge is -2.34. The number of rotatable bonds is 7. The monoisotopic (exact) mass is 570 g/mol. The van der Waals surface area contributed by atoms with Crippen molar-refractivity contribution in [3.05, 3.63) is 57.6 Å². The van der Waals surface area contributed by atoms with Gasteiger partial charge < -0.3 is 20.7 Å². The molecule has 1 fully saturated rings. The number of anilines is 2. The Balaban J connectivity index is 1.87. The van der Waals surface area contributed by atoms with Crippen LogP contribution in [0.2, 0.25) is 10.0 Å². The van der Waals surface area contributed by atoms with Crippen molar-refractivity contribution in [2.24, 2.45) is 11.7 Å². The molecule has 12 heteroatoms. The number of halogens is 4. The van der Waals surface area contributed by atoms with Gasteiger partial charge in [-0.05, 0) is 63.3 Å².